The second kappa shape index (κ2) is 3.89. The van der Waals surface area contributed by atoms with E-state index in [1.807, 2.05) is 0 Å². The van der Waals surface area contributed by atoms with E-state index in [4.69, 9.17) is 23.2 Å². The van der Waals surface area contributed by atoms with E-state index in [0.29, 0.717) is 0 Å². The predicted octanol–water partition coefficient (Wildman–Crippen LogP) is 2.62. The third kappa shape index (κ3) is 1.69. The average Bonchev–Trinajstić information content (AvgIpc) is 2.13. The van der Waals surface area contributed by atoms with Crippen molar-refractivity contribution in [2.45, 2.75) is 0 Å². The van der Waals surface area contributed by atoms with Crippen molar-refractivity contribution in [1.82, 2.24) is 0 Å². The van der Waals surface area contributed by atoms with Gasteiger partial charge in [0.25, 0.3) is 0 Å². The van der Waals surface area contributed by atoms with Crippen molar-refractivity contribution in [1.29, 1.82) is 0 Å². The molecule has 0 fully saturated rings. The summed E-state index contributed by atoms with van der Waals surface area (Å²) in [6.07, 6.45) is 0. The summed E-state index contributed by atoms with van der Waals surface area (Å²) in [5.74, 6) is -0.644. The third-order valence-electron chi connectivity index (χ3n) is 1.53. The van der Waals surface area contributed by atoms with Gasteiger partial charge in [-0.3, -0.25) is 10.1 Å². The molecule has 0 radical (unpaired) electrons. The number of phenolic OH excluding ortho intramolecular Hbond substituents is 1. The molecule has 0 atom stereocenters. The molecule has 0 spiro atoms. The summed E-state index contributed by atoms with van der Waals surface area (Å²) in [6, 6.07) is 0.974. The zero-order valence-electron chi connectivity index (χ0n) is 6.95. The Morgan fingerprint density at radius 1 is 1.57 bits per heavy atom. The summed E-state index contributed by atoms with van der Waals surface area (Å²) in [4.78, 5) is 9.82. The summed E-state index contributed by atoms with van der Waals surface area (Å²) in [7, 11) is 1.21. The van der Waals surface area contributed by atoms with Crippen molar-refractivity contribution in [3.05, 3.63) is 26.2 Å². The van der Waals surface area contributed by atoms with E-state index in [-0.39, 0.29) is 21.5 Å². The number of nitro benzene ring substituents is 1. The minimum atomic E-state index is -0.698. The number of hydrogen-bond donors (Lipinski definition) is 1. The van der Waals surface area contributed by atoms with Gasteiger partial charge in [-0.25, -0.2) is 0 Å². The van der Waals surface area contributed by atoms with Crippen LogP contribution in [0.1, 0.15) is 0 Å². The molecule has 0 unspecified atom stereocenters. The van der Waals surface area contributed by atoms with Crippen LogP contribution in [-0.4, -0.2) is 17.1 Å². The lowest BCUT2D eigenvalue weighted by atomic mass is 10.3. The molecular formula is C7H5Cl2NO4. The van der Waals surface area contributed by atoms with Gasteiger partial charge in [-0.2, -0.15) is 0 Å². The van der Waals surface area contributed by atoms with Gasteiger partial charge in [0.1, 0.15) is 5.02 Å². The van der Waals surface area contributed by atoms with Gasteiger partial charge in [0.15, 0.2) is 5.75 Å². The number of phenols is 1. The van der Waals surface area contributed by atoms with Crippen LogP contribution in [0.5, 0.6) is 11.5 Å². The van der Waals surface area contributed by atoms with Crippen LogP contribution in [0.2, 0.25) is 10.0 Å². The van der Waals surface area contributed by atoms with Gasteiger partial charge in [-0.05, 0) is 0 Å². The Kier molecular flexibility index (Phi) is 3.03. The summed E-state index contributed by atoms with van der Waals surface area (Å²) < 4.78 is 4.68. The van der Waals surface area contributed by atoms with E-state index in [0.717, 1.165) is 6.07 Å². The normalized spacial score (nSPS) is 9.93. The summed E-state index contributed by atoms with van der Waals surface area (Å²) in [5, 5.41) is 19.3. The number of nitro groups is 1. The van der Waals surface area contributed by atoms with Gasteiger partial charge in [-0.1, -0.05) is 23.2 Å². The molecule has 5 nitrogen and oxygen atoms in total. The average molecular weight is 238 g/mol. The number of nitrogens with zero attached hydrogens (tertiary/aromatic N) is 1. The monoisotopic (exact) mass is 237 g/mol. The van der Waals surface area contributed by atoms with Gasteiger partial charge < -0.3 is 9.84 Å². The number of hydrogen-bond acceptors (Lipinski definition) is 4. The molecule has 7 heteroatoms. The minimum absolute atomic E-state index is 0.192. The van der Waals surface area contributed by atoms with E-state index >= 15 is 0 Å². The van der Waals surface area contributed by atoms with Crippen LogP contribution in [-0.2, 0) is 0 Å². The molecule has 1 aromatic rings. The smallest absolute Gasteiger partial charge is 0.314 e. The summed E-state index contributed by atoms with van der Waals surface area (Å²) in [6.45, 7) is 0. The van der Waals surface area contributed by atoms with Gasteiger partial charge in [-0.15, -0.1) is 0 Å². The number of methoxy groups -OCH3 is 1. The highest BCUT2D eigenvalue weighted by Gasteiger charge is 2.23. The lowest BCUT2D eigenvalue weighted by molar-refractivity contribution is -0.385. The van der Waals surface area contributed by atoms with Crippen LogP contribution < -0.4 is 4.74 Å². The van der Waals surface area contributed by atoms with Gasteiger partial charge in [0.2, 0.25) is 5.75 Å². The molecule has 0 aliphatic heterocycles. The van der Waals surface area contributed by atoms with Gasteiger partial charge >= 0.3 is 5.69 Å². The second-order valence-electron chi connectivity index (χ2n) is 2.33. The van der Waals surface area contributed by atoms with Crippen molar-refractivity contribution >= 4 is 28.9 Å². The van der Waals surface area contributed by atoms with E-state index in [2.05, 4.69) is 4.74 Å². The van der Waals surface area contributed by atoms with Crippen molar-refractivity contribution < 1.29 is 14.8 Å². The molecule has 0 amide bonds. The van der Waals surface area contributed by atoms with Gasteiger partial charge in [0, 0.05) is 6.07 Å². The van der Waals surface area contributed by atoms with E-state index < -0.39 is 10.7 Å². The lowest BCUT2D eigenvalue weighted by Crippen LogP contribution is -1.94. The minimum Gasteiger partial charge on any atom is -0.505 e. The molecule has 1 rings (SSSR count). The maximum absolute atomic E-state index is 10.5. The second-order valence-corrected chi connectivity index (χ2v) is 3.12. The first kappa shape index (κ1) is 10.9. The number of aromatic hydroxyl groups is 1. The Bertz CT molecular complexity index is 394. The fourth-order valence-electron chi connectivity index (χ4n) is 0.909. The summed E-state index contributed by atoms with van der Waals surface area (Å²) in [5.41, 5.74) is -0.389. The van der Waals surface area contributed by atoms with Crippen LogP contribution in [0.3, 0.4) is 0 Å². The zero-order valence-corrected chi connectivity index (χ0v) is 8.46. The van der Waals surface area contributed by atoms with Crippen LogP contribution in [0.15, 0.2) is 6.07 Å². The zero-order chi connectivity index (χ0) is 10.9. The Morgan fingerprint density at radius 2 is 2.14 bits per heavy atom. The van der Waals surface area contributed by atoms with Crippen molar-refractivity contribution in [3.63, 3.8) is 0 Å². The van der Waals surface area contributed by atoms with E-state index in [1.165, 1.54) is 7.11 Å². The number of ether oxygens (including phenoxy) is 1. The Morgan fingerprint density at radius 3 is 2.57 bits per heavy atom. The largest absolute Gasteiger partial charge is 0.505 e. The fourth-order valence-corrected chi connectivity index (χ4v) is 1.43. The Hall–Kier alpha value is -1.20. The molecule has 0 saturated heterocycles. The highest BCUT2D eigenvalue weighted by atomic mass is 35.5. The standard InChI is InChI=1S/C7H5Cl2NO4/c1-14-7-4(10(12)13)2-3(8)6(11)5(7)9/h2,11H,1H3. The molecule has 14 heavy (non-hydrogen) atoms. The number of halogens is 2. The molecular weight excluding hydrogens is 233 g/mol. The molecule has 0 heterocycles. The van der Waals surface area contributed by atoms with E-state index in [9.17, 15) is 15.2 Å². The van der Waals surface area contributed by atoms with Crippen molar-refractivity contribution in [2.75, 3.05) is 7.11 Å². The first-order chi connectivity index (χ1) is 6.49. The molecule has 0 aromatic heterocycles. The van der Waals surface area contributed by atoms with Crippen molar-refractivity contribution in [2.24, 2.45) is 0 Å². The Labute approximate surface area is 89.0 Å². The van der Waals surface area contributed by atoms with Crippen LogP contribution in [0.4, 0.5) is 5.69 Å². The maximum atomic E-state index is 10.5. The Balaban J connectivity index is 3.51. The molecule has 76 valence electrons. The van der Waals surface area contributed by atoms with Crippen LogP contribution in [0.25, 0.3) is 0 Å². The number of benzene rings is 1. The fraction of sp³-hybridized carbons (Fsp3) is 0.143. The molecule has 1 N–H and O–H groups in total. The molecule has 1 aromatic carbocycles. The number of rotatable bonds is 2. The molecule has 0 saturated carbocycles. The van der Waals surface area contributed by atoms with Gasteiger partial charge in [0.05, 0.1) is 17.1 Å². The predicted molar refractivity (Wildman–Crippen MR) is 51.3 cm³/mol. The first-order valence-electron chi connectivity index (χ1n) is 3.38. The highest BCUT2D eigenvalue weighted by Crippen LogP contribution is 2.44. The summed E-state index contributed by atoms with van der Waals surface area (Å²) >= 11 is 11.1. The van der Waals surface area contributed by atoms with Crippen LogP contribution >= 0.6 is 23.2 Å². The van der Waals surface area contributed by atoms with Crippen LogP contribution in [0, 0.1) is 10.1 Å². The topological polar surface area (TPSA) is 72.6 Å². The third-order valence-corrected chi connectivity index (χ3v) is 2.17. The quantitative estimate of drug-likeness (QED) is 0.634. The highest BCUT2D eigenvalue weighted by molar-refractivity contribution is 6.38. The van der Waals surface area contributed by atoms with E-state index in [1.54, 1.807) is 0 Å². The lowest BCUT2D eigenvalue weighted by Gasteiger charge is -2.06. The molecule has 0 aliphatic carbocycles. The molecule has 0 bridgehead atoms. The maximum Gasteiger partial charge on any atom is 0.314 e. The van der Waals surface area contributed by atoms with Crippen molar-refractivity contribution in [3.8, 4) is 11.5 Å². The first-order valence-corrected chi connectivity index (χ1v) is 4.14. The SMILES string of the molecule is COc1c([N+](=O)[O-])cc(Cl)c(O)c1Cl. The molecule has 0 aliphatic rings.